The first-order valence-electron chi connectivity index (χ1n) is 5.92. The van der Waals surface area contributed by atoms with E-state index in [9.17, 15) is 0 Å². The molecule has 0 aliphatic heterocycles. The van der Waals surface area contributed by atoms with Crippen molar-refractivity contribution in [2.45, 2.75) is 31.6 Å². The second kappa shape index (κ2) is 3.69. The van der Waals surface area contributed by atoms with E-state index in [0.29, 0.717) is 0 Å². The highest BCUT2D eigenvalue weighted by Crippen LogP contribution is 2.38. The summed E-state index contributed by atoms with van der Waals surface area (Å²) in [4.78, 5) is 0. The Kier molecular flexibility index (Phi) is 2.21. The van der Waals surface area contributed by atoms with Gasteiger partial charge in [0, 0.05) is 0 Å². The van der Waals surface area contributed by atoms with Crippen molar-refractivity contribution in [3.63, 3.8) is 0 Å². The Balaban J connectivity index is 2.03. The first-order chi connectivity index (χ1) is 7.43. The van der Waals surface area contributed by atoms with Gasteiger partial charge < -0.3 is 0 Å². The molecule has 0 aromatic carbocycles. The van der Waals surface area contributed by atoms with Crippen LogP contribution < -0.4 is 0 Å². The Morgan fingerprint density at radius 3 is 2.00 bits per heavy atom. The van der Waals surface area contributed by atoms with Crippen LogP contribution in [0.25, 0.3) is 11.1 Å². The summed E-state index contributed by atoms with van der Waals surface area (Å²) in [6.07, 6.45) is 5.62. The van der Waals surface area contributed by atoms with Gasteiger partial charge in [0.2, 0.25) is 0 Å². The third-order valence-electron chi connectivity index (χ3n) is 3.58. The molecule has 15 heavy (non-hydrogen) atoms. The molecule has 0 atom stereocenters. The van der Waals surface area contributed by atoms with Crippen LogP contribution in [0.4, 0.5) is 0 Å². The lowest BCUT2D eigenvalue weighted by molar-refractivity contribution is 0.726. The van der Waals surface area contributed by atoms with E-state index in [2.05, 4.69) is 42.5 Å². The summed E-state index contributed by atoms with van der Waals surface area (Å²) < 4.78 is 0. The van der Waals surface area contributed by atoms with Crippen LogP contribution in [-0.4, -0.2) is 0 Å². The topological polar surface area (TPSA) is 0 Å². The Hall–Kier alpha value is -1.30. The molecule has 3 rings (SSSR count). The molecule has 3 aliphatic carbocycles. The number of fused-ring (bicyclic) bond motifs is 1. The molecular formula is C15H16. The van der Waals surface area contributed by atoms with E-state index < -0.39 is 0 Å². The summed E-state index contributed by atoms with van der Waals surface area (Å²) in [5.41, 5.74) is 4.34. The van der Waals surface area contributed by atoms with Crippen LogP contribution in [0.15, 0.2) is 42.5 Å². The third kappa shape index (κ3) is 1.65. The smallest absolute Gasteiger partial charge is 0.0162 e. The number of rotatable bonds is 1. The molecule has 0 amide bonds. The van der Waals surface area contributed by atoms with Gasteiger partial charge in [-0.1, -0.05) is 55.3 Å². The lowest BCUT2D eigenvalue weighted by Gasteiger charge is -2.04. The average Bonchev–Trinajstić information content (AvgIpc) is 2.84. The van der Waals surface area contributed by atoms with Gasteiger partial charge in [-0.2, -0.15) is 0 Å². The van der Waals surface area contributed by atoms with Crippen molar-refractivity contribution >= 4 is 0 Å². The van der Waals surface area contributed by atoms with Crippen LogP contribution in [0.1, 0.15) is 37.2 Å². The molecule has 0 aromatic rings. The normalized spacial score (nSPS) is 17.3. The van der Waals surface area contributed by atoms with Crippen molar-refractivity contribution in [2.75, 3.05) is 0 Å². The van der Waals surface area contributed by atoms with Crippen molar-refractivity contribution in [2.24, 2.45) is 0 Å². The Bertz CT molecular complexity index is 393. The van der Waals surface area contributed by atoms with Gasteiger partial charge in [-0.15, -0.1) is 0 Å². The largest absolute Gasteiger partial charge is 0.0622 e. The summed E-state index contributed by atoms with van der Waals surface area (Å²) in [5, 5.41) is 0. The van der Waals surface area contributed by atoms with Gasteiger partial charge >= 0.3 is 0 Å². The molecule has 0 unspecified atom stereocenters. The molecular weight excluding hydrogens is 180 g/mol. The number of hydrogen-bond acceptors (Lipinski definition) is 0. The van der Waals surface area contributed by atoms with Crippen LogP contribution in [0.3, 0.4) is 0 Å². The number of hydrogen-bond donors (Lipinski definition) is 0. The minimum atomic E-state index is 0.836. The van der Waals surface area contributed by atoms with E-state index in [1.165, 1.54) is 36.8 Å². The van der Waals surface area contributed by atoms with Gasteiger partial charge in [-0.25, -0.2) is 0 Å². The maximum Gasteiger partial charge on any atom is -0.0162 e. The third-order valence-corrected chi connectivity index (χ3v) is 3.58. The van der Waals surface area contributed by atoms with Crippen molar-refractivity contribution < 1.29 is 0 Å². The minimum absolute atomic E-state index is 0.836. The Morgan fingerprint density at radius 1 is 0.800 bits per heavy atom. The molecule has 0 bridgehead atoms. The van der Waals surface area contributed by atoms with Gasteiger partial charge in [0.1, 0.15) is 0 Å². The van der Waals surface area contributed by atoms with Gasteiger partial charge in [0.25, 0.3) is 0 Å². The van der Waals surface area contributed by atoms with Gasteiger partial charge in [0.15, 0.2) is 0 Å². The lowest BCUT2D eigenvalue weighted by atomic mass is 10.0. The van der Waals surface area contributed by atoms with E-state index in [1.807, 2.05) is 0 Å². The second-order valence-electron chi connectivity index (χ2n) is 4.59. The van der Waals surface area contributed by atoms with Gasteiger partial charge in [0.05, 0.1) is 0 Å². The molecule has 0 N–H and O–H groups in total. The molecule has 0 heteroatoms. The van der Waals surface area contributed by atoms with Gasteiger partial charge in [-0.05, 0) is 35.4 Å². The quantitative estimate of drug-likeness (QED) is 0.632. The van der Waals surface area contributed by atoms with E-state index in [-0.39, 0.29) is 0 Å². The molecule has 0 saturated heterocycles. The molecule has 1 saturated carbocycles. The molecule has 0 heterocycles. The highest BCUT2D eigenvalue weighted by Gasteiger charge is 2.19. The molecule has 1 fully saturated rings. The Morgan fingerprint density at radius 2 is 1.40 bits per heavy atom. The monoisotopic (exact) mass is 196 g/mol. The van der Waals surface area contributed by atoms with Crippen molar-refractivity contribution in [1.29, 1.82) is 0 Å². The summed E-state index contributed by atoms with van der Waals surface area (Å²) in [5.74, 6) is 0.836. The maximum atomic E-state index is 2.38. The highest BCUT2D eigenvalue weighted by molar-refractivity contribution is 5.68. The molecule has 0 nitrogen and oxygen atoms in total. The fraction of sp³-hybridized carbons (Fsp3) is 0.333. The zero-order chi connectivity index (χ0) is 10.1. The van der Waals surface area contributed by atoms with Crippen LogP contribution in [0, 0.1) is 0 Å². The fourth-order valence-electron chi connectivity index (χ4n) is 2.73. The summed E-state index contributed by atoms with van der Waals surface area (Å²) in [6, 6.07) is 15.5. The molecule has 0 aromatic heterocycles. The van der Waals surface area contributed by atoms with E-state index in [1.54, 1.807) is 5.56 Å². The van der Waals surface area contributed by atoms with Crippen LogP contribution in [0.2, 0.25) is 0 Å². The highest BCUT2D eigenvalue weighted by atomic mass is 14.2. The van der Waals surface area contributed by atoms with Crippen LogP contribution >= 0.6 is 0 Å². The summed E-state index contributed by atoms with van der Waals surface area (Å²) >= 11 is 0. The molecule has 0 spiro atoms. The predicted molar refractivity (Wildman–Crippen MR) is 64.3 cm³/mol. The summed E-state index contributed by atoms with van der Waals surface area (Å²) in [6.45, 7) is 0. The van der Waals surface area contributed by atoms with E-state index in [0.717, 1.165) is 5.92 Å². The van der Waals surface area contributed by atoms with Gasteiger partial charge in [-0.3, -0.25) is 0 Å². The van der Waals surface area contributed by atoms with Crippen molar-refractivity contribution in [3.05, 3.63) is 48.0 Å². The molecule has 3 aliphatic rings. The van der Waals surface area contributed by atoms with Crippen LogP contribution in [0.5, 0.6) is 0 Å². The first kappa shape index (κ1) is 8.96. The average molecular weight is 196 g/mol. The second-order valence-corrected chi connectivity index (χ2v) is 4.59. The predicted octanol–water partition coefficient (Wildman–Crippen LogP) is 4.45. The minimum Gasteiger partial charge on any atom is -0.0622 e. The first-order valence-corrected chi connectivity index (χ1v) is 5.92. The zero-order valence-electron chi connectivity index (χ0n) is 8.95. The maximum absolute atomic E-state index is 2.38. The standard InChI is InChI=1S/C15H16/c1-2-8-13-10-15(11-14(13)9-3-1)12-6-4-5-7-12/h1-3,8-12H,4-7H2. The fourth-order valence-corrected chi connectivity index (χ4v) is 2.73. The van der Waals surface area contributed by atoms with E-state index >= 15 is 0 Å². The summed E-state index contributed by atoms with van der Waals surface area (Å²) in [7, 11) is 0. The SMILES string of the molecule is c1ccc2cc(C3CCCC3)cc-2cc1. The van der Waals surface area contributed by atoms with E-state index in [4.69, 9.17) is 0 Å². The molecule has 0 radical (unpaired) electrons. The zero-order valence-corrected chi connectivity index (χ0v) is 8.95. The van der Waals surface area contributed by atoms with Crippen molar-refractivity contribution in [1.82, 2.24) is 0 Å². The van der Waals surface area contributed by atoms with Crippen LogP contribution in [-0.2, 0) is 0 Å². The lowest BCUT2D eigenvalue weighted by Crippen LogP contribution is -1.87. The Labute approximate surface area is 91.3 Å². The van der Waals surface area contributed by atoms with Crippen molar-refractivity contribution in [3.8, 4) is 11.1 Å². The molecule has 76 valence electrons.